The van der Waals surface area contributed by atoms with E-state index in [4.69, 9.17) is 0 Å². The zero-order valence-electron chi connectivity index (χ0n) is 25.9. The maximum atomic E-state index is 11.4. The number of carboxylic acids is 2. The van der Waals surface area contributed by atoms with Crippen LogP contribution in [0, 0.1) is 21.7 Å². The van der Waals surface area contributed by atoms with Gasteiger partial charge < -0.3 is 20.4 Å². The number of aliphatic hydroxyl groups excluding tert-OH is 2. The van der Waals surface area contributed by atoms with Crippen LogP contribution in [0.15, 0.2) is 58.7 Å². The summed E-state index contributed by atoms with van der Waals surface area (Å²) in [6.07, 6.45) is 16.5. The second kappa shape index (κ2) is 13.0. The summed E-state index contributed by atoms with van der Waals surface area (Å²) in [5.41, 5.74) is 1.52. The molecule has 2 aliphatic rings. The SMILES string of the molecule is CC1(C)C=C(/C=C\C2=CC(C)(C)C=C(CCCCC(C)(C)C(=O)O)C2O)C(O)C(CCCCC(C)(C)C(=O)O)=C1. The topological polar surface area (TPSA) is 115 Å². The molecule has 0 radical (unpaired) electrons. The van der Waals surface area contributed by atoms with E-state index in [1.807, 2.05) is 12.2 Å². The van der Waals surface area contributed by atoms with Gasteiger partial charge in [0.2, 0.25) is 0 Å². The quantitative estimate of drug-likeness (QED) is 0.131. The highest BCUT2D eigenvalue weighted by molar-refractivity contribution is 5.73. The highest BCUT2D eigenvalue weighted by atomic mass is 16.4. The molecule has 2 unspecified atom stereocenters. The van der Waals surface area contributed by atoms with Crippen LogP contribution in [-0.2, 0) is 9.59 Å². The summed E-state index contributed by atoms with van der Waals surface area (Å²) in [5, 5.41) is 41.1. The molecule has 0 aromatic rings. The molecular formula is C34H52O6. The van der Waals surface area contributed by atoms with Crippen molar-refractivity contribution in [2.24, 2.45) is 21.7 Å². The van der Waals surface area contributed by atoms with Gasteiger partial charge in [0, 0.05) is 10.8 Å². The van der Waals surface area contributed by atoms with Crippen molar-refractivity contribution in [1.29, 1.82) is 0 Å². The molecule has 6 heteroatoms. The Balaban J connectivity index is 2.07. The molecule has 2 rings (SSSR count). The van der Waals surface area contributed by atoms with Crippen molar-refractivity contribution in [3.05, 3.63) is 58.7 Å². The number of carboxylic acid groups (broad SMARTS) is 2. The number of allylic oxidation sites excluding steroid dienone is 4. The molecule has 0 amide bonds. The molecule has 40 heavy (non-hydrogen) atoms. The smallest absolute Gasteiger partial charge is 0.309 e. The molecule has 4 N–H and O–H groups in total. The summed E-state index contributed by atoms with van der Waals surface area (Å²) in [7, 11) is 0. The number of hydrogen-bond acceptors (Lipinski definition) is 4. The van der Waals surface area contributed by atoms with Gasteiger partial charge in [-0.3, -0.25) is 9.59 Å². The standard InChI is InChI=1S/C34H52O6/c1-31(2)19-23(13-9-11-17-33(5,6)29(37)38)27(35)25(21-31)15-16-26-22-32(3,4)20-24(28(26)36)14-10-12-18-34(7,8)30(39)40/h15-16,19-22,27-28,35-36H,9-14,17-18H2,1-8H3,(H,37,38)(H,39,40)/b16-15-. The van der Waals surface area contributed by atoms with Crippen LogP contribution in [0.4, 0.5) is 0 Å². The van der Waals surface area contributed by atoms with Gasteiger partial charge in [-0.1, -0.05) is 77.0 Å². The zero-order chi connectivity index (χ0) is 30.5. The second-order valence-corrected chi connectivity index (χ2v) is 14.3. The van der Waals surface area contributed by atoms with Crippen molar-refractivity contribution in [2.75, 3.05) is 0 Å². The highest BCUT2D eigenvalue weighted by Crippen LogP contribution is 2.38. The van der Waals surface area contributed by atoms with Gasteiger partial charge in [-0.25, -0.2) is 0 Å². The average molecular weight is 557 g/mol. The first-order chi connectivity index (χ1) is 18.3. The molecule has 0 aromatic heterocycles. The molecular weight excluding hydrogens is 504 g/mol. The molecule has 224 valence electrons. The lowest BCUT2D eigenvalue weighted by Crippen LogP contribution is -2.25. The fourth-order valence-corrected chi connectivity index (χ4v) is 5.54. The van der Waals surface area contributed by atoms with Gasteiger partial charge >= 0.3 is 11.9 Å². The number of hydrogen-bond donors (Lipinski definition) is 4. The van der Waals surface area contributed by atoms with Crippen molar-refractivity contribution in [3.8, 4) is 0 Å². The first-order valence-electron chi connectivity index (χ1n) is 14.7. The van der Waals surface area contributed by atoms with Gasteiger partial charge in [-0.05, 0) is 88.5 Å². The van der Waals surface area contributed by atoms with Crippen LogP contribution in [0.2, 0.25) is 0 Å². The minimum absolute atomic E-state index is 0.234. The summed E-state index contributed by atoms with van der Waals surface area (Å²) in [6, 6.07) is 0. The maximum Gasteiger partial charge on any atom is 0.309 e. The lowest BCUT2D eigenvalue weighted by Gasteiger charge is -2.31. The fraction of sp³-hybridized carbons (Fsp3) is 0.647. The molecule has 0 heterocycles. The Hall–Kier alpha value is -2.44. The van der Waals surface area contributed by atoms with Crippen LogP contribution in [0.1, 0.15) is 107 Å². The molecule has 2 atom stereocenters. The molecule has 0 bridgehead atoms. The number of aliphatic carboxylic acids is 2. The summed E-state index contributed by atoms with van der Waals surface area (Å²) >= 11 is 0. The minimum Gasteiger partial charge on any atom is -0.481 e. The molecule has 0 aromatic carbocycles. The second-order valence-electron chi connectivity index (χ2n) is 14.3. The van der Waals surface area contributed by atoms with Crippen LogP contribution < -0.4 is 0 Å². The third-order valence-electron chi connectivity index (χ3n) is 8.19. The predicted molar refractivity (Wildman–Crippen MR) is 161 cm³/mol. The Labute approximate surface area is 241 Å². The maximum absolute atomic E-state index is 11.4. The van der Waals surface area contributed by atoms with Crippen molar-refractivity contribution >= 4 is 11.9 Å². The third kappa shape index (κ3) is 9.59. The van der Waals surface area contributed by atoms with Gasteiger partial charge in [-0.2, -0.15) is 0 Å². The first kappa shape index (κ1) is 33.8. The number of rotatable bonds is 14. The first-order valence-corrected chi connectivity index (χ1v) is 14.7. The Morgan fingerprint density at radius 2 is 1.00 bits per heavy atom. The van der Waals surface area contributed by atoms with Crippen molar-refractivity contribution in [3.63, 3.8) is 0 Å². The number of unbranched alkanes of at least 4 members (excludes halogenated alkanes) is 2. The molecule has 0 saturated heterocycles. The van der Waals surface area contributed by atoms with E-state index in [0.717, 1.165) is 48.0 Å². The van der Waals surface area contributed by atoms with E-state index < -0.39 is 35.0 Å². The van der Waals surface area contributed by atoms with Crippen molar-refractivity contribution < 1.29 is 30.0 Å². The van der Waals surface area contributed by atoms with Gasteiger partial charge in [-0.15, -0.1) is 0 Å². The lowest BCUT2D eigenvalue weighted by atomic mass is 9.77. The van der Waals surface area contributed by atoms with Crippen LogP contribution in [0.3, 0.4) is 0 Å². The third-order valence-corrected chi connectivity index (χ3v) is 8.19. The van der Waals surface area contributed by atoms with E-state index in [0.29, 0.717) is 25.7 Å². The highest BCUT2D eigenvalue weighted by Gasteiger charge is 2.30. The summed E-state index contributed by atoms with van der Waals surface area (Å²) < 4.78 is 0. The Morgan fingerprint density at radius 1 is 0.675 bits per heavy atom. The fourth-order valence-electron chi connectivity index (χ4n) is 5.54. The van der Waals surface area contributed by atoms with E-state index in [1.54, 1.807) is 27.7 Å². The normalized spacial score (nSPS) is 22.9. The van der Waals surface area contributed by atoms with Crippen molar-refractivity contribution in [1.82, 2.24) is 0 Å². The predicted octanol–water partition coefficient (Wildman–Crippen LogP) is 7.39. The summed E-state index contributed by atoms with van der Waals surface area (Å²) in [5.74, 6) is -1.58. The Kier molecular flexibility index (Phi) is 11.0. The summed E-state index contributed by atoms with van der Waals surface area (Å²) in [4.78, 5) is 22.8. The minimum atomic E-state index is -0.788. The molecule has 0 saturated carbocycles. The molecule has 2 aliphatic carbocycles. The number of aliphatic hydroxyl groups is 2. The van der Waals surface area contributed by atoms with Crippen molar-refractivity contribution in [2.45, 2.75) is 119 Å². The van der Waals surface area contributed by atoms with Crippen LogP contribution in [0.5, 0.6) is 0 Å². The Bertz CT molecular complexity index is 1010. The van der Waals surface area contributed by atoms with Crippen LogP contribution >= 0.6 is 0 Å². The largest absolute Gasteiger partial charge is 0.481 e. The van der Waals surface area contributed by atoms with E-state index >= 15 is 0 Å². The van der Waals surface area contributed by atoms with E-state index in [2.05, 4.69) is 52.0 Å². The molecule has 0 spiro atoms. The molecule has 6 nitrogen and oxygen atoms in total. The zero-order valence-corrected chi connectivity index (χ0v) is 25.9. The lowest BCUT2D eigenvalue weighted by molar-refractivity contribution is -0.148. The van der Waals surface area contributed by atoms with Gasteiger partial charge in [0.05, 0.1) is 23.0 Å². The average Bonchev–Trinajstić information content (AvgIpc) is 2.82. The van der Waals surface area contributed by atoms with Gasteiger partial charge in [0.25, 0.3) is 0 Å². The van der Waals surface area contributed by atoms with E-state index in [-0.39, 0.29) is 10.8 Å². The molecule has 0 aliphatic heterocycles. The van der Waals surface area contributed by atoms with E-state index in [1.165, 1.54) is 0 Å². The van der Waals surface area contributed by atoms with Crippen LogP contribution in [-0.4, -0.2) is 44.6 Å². The molecule has 0 fully saturated rings. The van der Waals surface area contributed by atoms with Gasteiger partial charge in [0.1, 0.15) is 0 Å². The summed E-state index contributed by atoms with van der Waals surface area (Å²) in [6.45, 7) is 15.4. The van der Waals surface area contributed by atoms with Crippen LogP contribution in [0.25, 0.3) is 0 Å². The van der Waals surface area contributed by atoms with Gasteiger partial charge in [0.15, 0.2) is 0 Å². The monoisotopic (exact) mass is 556 g/mol. The van der Waals surface area contributed by atoms with E-state index in [9.17, 15) is 30.0 Å². The number of carbonyl (C=O) groups is 2. The Morgan fingerprint density at radius 3 is 1.30 bits per heavy atom.